The van der Waals surface area contributed by atoms with Crippen LogP contribution in [0.2, 0.25) is 0 Å². The molecule has 30 heavy (non-hydrogen) atoms. The van der Waals surface area contributed by atoms with Gasteiger partial charge < -0.3 is 14.2 Å². The van der Waals surface area contributed by atoms with E-state index in [1.807, 2.05) is 25.1 Å². The molecular formula is C20H17F3N4O3. The van der Waals surface area contributed by atoms with Gasteiger partial charge in [-0.25, -0.2) is 0 Å². The highest BCUT2D eigenvalue weighted by molar-refractivity contribution is 5.89. The number of hydrogen-bond acceptors (Lipinski definition) is 7. The number of alkyl halides is 3. The maximum atomic E-state index is 12.4. The number of fused-ring (bicyclic) bond motifs is 2. The van der Waals surface area contributed by atoms with Gasteiger partial charge >= 0.3 is 6.36 Å². The number of nitriles is 3. The normalized spacial score (nSPS) is 31.7. The summed E-state index contributed by atoms with van der Waals surface area (Å²) in [6.07, 6.45) is -5.26. The van der Waals surface area contributed by atoms with Crippen LogP contribution in [0.5, 0.6) is 5.75 Å². The molecule has 2 aliphatic heterocycles. The second-order valence-electron chi connectivity index (χ2n) is 7.35. The van der Waals surface area contributed by atoms with Gasteiger partial charge in [-0.15, -0.1) is 13.2 Å². The molecule has 0 aromatic heterocycles. The van der Waals surface area contributed by atoms with Crippen LogP contribution in [-0.4, -0.2) is 18.0 Å². The van der Waals surface area contributed by atoms with Crippen molar-refractivity contribution in [1.82, 2.24) is 0 Å². The van der Waals surface area contributed by atoms with Crippen LogP contribution in [0.3, 0.4) is 0 Å². The van der Waals surface area contributed by atoms with Gasteiger partial charge in [-0.1, -0.05) is 25.5 Å². The van der Waals surface area contributed by atoms with Crippen LogP contribution in [0.25, 0.3) is 0 Å². The molecule has 156 valence electrons. The highest BCUT2D eigenvalue weighted by Gasteiger charge is 2.79. The number of nitrogens with one attached hydrogen (secondary N) is 1. The highest BCUT2D eigenvalue weighted by Crippen LogP contribution is 2.67. The average Bonchev–Trinajstić information content (AvgIpc) is 2.84. The second kappa shape index (κ2) is 6.90. The van der Waals surface area contributed by atoms with E-state index in [1.165, 1.54) is 19.1 Å². The van der Waals surface area contributed by atoms with Crippen LogP contribution in [0.4, 0.5) is 13.2 Å². The zero-order valence-electron chi connectivity index (χ0n) is 16.1. The summed E-state index contributed by atoms with van der Waals surface area (Å²) in [5, 5.41) is 38.6. The van der Waals surface area contributed by atoms with E-state index in [2.05, 4.69) is 4.74 Å². The Morgan fingerprint density at radius 2 is 1.73 bits per heavy atom. The third-order valence-electron chi connectivity index (χ3n) is 5.71. The summed E-state index contributed by atoms with van der Waals surface area (Å²) < 4.78 is 52.8. The molecule has 0 saturated carbocycles. The monoisotopic (exact) mass is 418 g/mol. The highest BCUT2D eigenvalue weighted by atomic mass is 19.4. The minimum absolute atomic E-state index is 0.187. The molecule has 4 atom stereocenters. The average molecular weight is 418 g/mol. The molecule has 3 rings (SSSR count). The summed E-state index contributed by atoms with van der Waals surface area (Å²) in [6, 6.07) is 10.3. The van der Waals surface area contributed by atoms with Crippen molar-refractivity contribution >= 4 is 5.90 Å². The Labute approximate surface area is 170 Å². The molecule has 0 aliphatic carbocycles. The number of benzene rings is 1. The summed E-state index contributed by atoms with van der Waals surface area (Å²) in [5.41, 5.74) is -3.86. The first-order chi connectivity index (χ1) is 14.0. The van der Waals surface area contributed by atoms with Crippen molar-refractivity contribution in [1.29, 1.82) is 21.2 Å². The minimum Gasteiger partial charge on any atom is -0.448 e. The standard InChI is InChI=1S/C20H17F3N4O3/c1-3-4-14-17(2)29-15(12-5-7-13(8-6-12)28-20(21,22)23)18(9-24,10-25)19(14,11-26)16(27)30-17/h5-8,14-15,27H,3-4H2,1-2H3. The molecule has 2 aliphatic rings. The van der Waals surface area contributed by atoms with E-state index < -0.39 is 46.6 Å². The molecule has 1 aromatic rings. The fourth-order valence-electron chi connectivity index (χ4n) is 4.46. The molecule has 10 heteroatoms. The van der Waals surface area contributed by atoms with E-state index in [4.69, 9.17) is 14.9 Å². The first-order valence-electron chi connectivity index (χ1n) is 9.09. The largest absolute Gasteiger partial charge is 0.573 e. The fraction of sp³-hybridized carbons (Fsp3) is 0.500. The van der Waals surface area contributed by atoms with E-state index in [1.54, 1.807) is 0 Å². The Balaban J connectivity index is 2.16. The third-order valence-corrected chi connectivity index (χ3v) is 5.71. The van der Waals surface area contributed by atoms with Gasteiger partial charge in [0.15, 0.2) is 5.41 Å². The van der Waals surface area contributed by atoms with Crippen LogP contribution < -0.4 is 4.74 Å². The Hall–Kier alpha value is -3.29. The molecule has 1 N–H and O–H groups in total. The van der Waals surface area contributed by atoms with Crippen molar-refractivity contribution < 1.29 is 27.4 Å². The first kappa shape index (κ1) is 21.4. The maximum absolute atomic E-state index is 12.4. The van der Waals surface area contributed by atoms with Gasteiger partial charge in [0.1, 0.15) is 11.9 Å². The summed E-state index contributed by atoms with van der Waals surface area (Å²) in [6.45, 7) is 3.39. The van der Waals surface area contributed by atoms with Crippen LogP contribution in [0.1, 0.15) is 38.4 Å². The van der Waals surface area contributed by atoms with Crippen molar-refractivity contribution in [3.8, 4) is 24.0 Å². The van der Waals surface area contributed by atoms with Crippen molar-refractivity contribution in [2.24, 2.45) is 16.7 Å². The molecule has 2 bridgehead atoms. The number of rotatable bonds is 4. The predicted molar refractivity (Wildman–Crippen MR) is 94.3 cm³/mol. The zero-order valence-corrected chi connectivity index (χ0v) is 16.1. The second-order valence-corrected chi connectivity index (χ2v) is 7.35. The van der Waals surface area contributed by atoms with Crippen LogP contribution in [0, 0.1) is 56.2 Å². The quantitative estimate of drug-likeness (QED) is 0.776. The Kier molecular flexibility index (Phi) is 4.92. The van der Waals surface area contributed by atoms with E-state index in [0.717, 1.165) is 12.1 Å². The lowest BCUT2D eigenvalue weighted by molar-refractivity contribution is -0.274. The van der Waals surface area contributed by atoms with Gasteiger partial charge in [0.05, 0.1) is 24.1 Å². The number of ether oxygens (including phenoxy) is 3. The molecule has 0 amide bonds. The van der Waals surface area contributed by atoms with Gasteiger partial charge in [-0.05, 0) is 24.1 Å². The minimum atomic E-state index is -4.88. The van der Waals surface area contributed by atoms with E-state index in [-0.39, 0.29) is 5.56 Å². The Morgan fingerprint density at radius 1 is 1.13 bits per heavy atom. The maximum Gasteiger partial charge on any atom is 0.573 e. The van der Waals surface area contributed by atoms with Gasteiger partial charge in [0, 0.05) is 6.92 Å². The molecule has 2 heterocycles. The van der Waals surface area contributed by atoms with Crippen molar-refractivity contribution in [2.45, 2.75) is 44.9 Å². The summed E-state index contributed by atoms with van der Waals surface area (Å²) in [5.74, 6) is -3.21. The lowest BCUT2D eigenvalue weighted by atomic mass is 9.53. The first-order valence-corrected chi connectivity index (χ1v) is 9.09. The van der Waals surface area contributed by atoms with Gasteiger partial charge in [-0.2, -0.15) is 15.8 Å². The van der Waals surface area contributed by atoms with E-state index in [0.29, 0.717) is 12.8 Å². The van der Waals surface area contributed by atoms with Crippen molar-refractivity contribution in [3.05, 3.63) is 29.8 Å². The lowest BCUT2D eigenvalue weighted by Crippen LogP contribution is -2.58. The number of halogens is 3. The SMILES string of the molecule is CCCC1C2(C)OC(=N)C1(C#N)C(C#N)(C#N)C(c1ccc(OC(F)(F)F)cc1)O2. The van der Waals surface area contributed by atoms with Crippen molar-refractivity contribution in [3.63, 3.8) is 0 Å². The number of hydrogen-bond donors (Lipinski definition) is 1. The van der Waals surface area contributed by atoms with Gasteiger partial charge in [0.2, 0.25) is 17.1 Å². The molecule has 0 spiro atoms. The van der Waals surface area contributed by atoms with Crippen LogP contribution in [0.15, 0.2) is 24.3 Å². The molecule has 1 aromatic carbocycles. The molecule has 2 fully saturated rings. The number of nitrogens with zero attached hydrogens (tertiary/aromatic N) is 3. The predicted octanol–water partition coefficient (Wildman–Crippen LogP) is 4.34. The molecule has 7 nitrogen and oxygen atoms in total. The van der Waals surface area contributed by atoms with E-state index >= 15 is 0 Å². The summed E-state index contributed by atoms with van der Waals surface area (Å²) in [4.78, 5) is 0. The molecule has 2 saturated heterocycles. The Morgan fingerprint density at radius 3 is 2.20 bits per heavy atom. The van der Waals surface area contributed by atoms with Crippen LogP contribution in [-0.2, 0) is 9.47 Å². The Bertz CT molecular complexity index is 975. The fourth-order valence-corrected chi connectivity index (χ4v) is 4.46. The van der Waals surface area contributed by atoms with Gasteiger partial charge in [0.25, 0.3) is 0 Å². The lowest BCUT2D eigenvalue weighted by Gasteiger charge is -2.48. The molecular weight excluding hydrogens is 401 g/mol. The smallest absolute Gasteiger partial charge is 0.448 e. The summed E-state index contributed by atoms with van der Waals surface area (Å²) >= 11 is 0. The third kappa shape index (κ3) is 2.78. The van der Waals surface area contributed by atoms with E-state index in [9.17, 15) is 29.0 Å². The molecule has 0 radical (unpaired) electrons. The zero-order chi connectivity index (χ0) is 22.4. The summed E-state index contributed by atoms with van der Waals surface area (Å²) in [7, 11) is 0. The van der Waals surface area contributed by atoms with Crippen molar-refractivity contribution in [2.75, 3.05) is 0 Å². The van der Waals surface area contributed by atoms with Crippen LogP contribution >= 0.6 is 0 Å². The topological polar surface area (TPSA) is 123 Å². The van der Waals surface area contributed by atoms with Gasteiger partial charge in [-0.3, -0.25) is 5.41 Å². The molecule has 4 unspecified atom stereocenters.